The van der Waals surface area contributed by atoms with Gasteiger partial charge in [0.05, 0.1) is 5.69 Å². The molecule has 1 aromatic heterocycles. The fourth-order valence-corrected chi connectivity index (χ4v) is 3.18. The summed E-state index contributed by atoms with van der Waals surface area (Å²) >= 11 is 0. The summed E-state index contributed by atoms with van der Waals surface area (Å²) in [7, 11) is 0. The molecular weight excluding hydrogens is 304 g/mol. The number of rotatable bonds is 5. The van der Waals surface area contributed by atoms with Crippen LogP contribution < -0.4 is 5.32 Å². The molecule has 2 heterocycles. The van der Waals surface area contributed by atoms with Crippen molar-refractivity contribution in [3.63, 3.8) is 0 Å². The number of nitrogens with one attached hydrogen (secondary N) is 1. The van der Waals surface area contributed by atoms with E-state index in [1.165, 1.54) is 0 Å². The second-order valence-corrected chi connectivity index (χ2v) is 6.13. The van der Waals surface area contributed by atoms with Gasteiger partial charge in [-0.05, 0) is 49.4 Å². The number of carbonyl (C=O) groups is 1. The number of aliphatic hydroxyl groups excluding tert-OH is 1. The summed E-state index contributed by atoms with van der Waals surface area (Å²) in [5.41, 5.74) is 2.05. The summed E-state index contributed by atoms with van der Waals surface area (Å²) in [5, 5.41) is 16.4. The van der Waals surface area contributed by atoms with Gasteiger partial charge < -0.3 is 15.3 Å². The minimum Gasteiger partial charge on any atom is -0.396 e. The van der Waals surface area contributed by atoms with Crippen molar-refractivity contribution in [3.05, 3.63) is 48.3 Å². The summed E-state index contributed by atoms with van der Waals surface area (Å²) in [6, 6.07) is 9.98. The van der Waals surface area contributed by atoms with E-state index in [9.17, 15) is 4.79 Å². The maximum atomic E-state index is 12.4. The van der Waals surface area contributed by atoms with Gasteiger partial charge in [-0.15, -0.1) is 0 Å². The van der Waals surface area contributed by atoms with Crippen LogP contribution in [0.3, 0.4) is 0 Å². The lowest BCUT2D eigenvalue weighted by atomic mass is 10.0. The smallest absolute Gasteiger partial charge is 0.317 e. The third kappa shape index (κ3) is 3.94. The number of aliphatic hydroxyl groups is 1. The molecular formula is C18H24N4O2. The van der Waals surface area contributed by atoms with Crippen molar-refractivity contribution in [2.75, 3.05) is 13.2 Å². The highest BCUT2D eigenvalue weighted by Gasteiger charge is 2.25. The lowest BCUT2D eigenvalue weighted by molar-refractivity contribution is 0.131. The number of aromatic nitrogens is 2. The highest BCUT2D eigenvalue weighted by atomic mass is 16.3. The molecule has 3 rings (SSSR count). The van der Waals surface area contributed by atoms with Gasteiger partial charge in [0.25, 0.3) is 0 Å². The molecule has 0 saturated carbocycles. The normalized spacial score (nSPS) is 17.7. The monoisotopic (exact) mass is 328 g/mol. The Labute approximate surface area is 142 Å². The molecule has 0 bridgehead atoms. The first-order valence-electron chi connectivity index (χ1n) is 8.52. The van der Waals surface area contributed by atoms with Crippen molar-refractivity contribution in [1.82, 2.24) is 20.0 Å². The van der Waals surface area contributed by atoms with E-state index in [4.69, 9.17) is 5.11 Å². The Balaban J connectivity index is 1.55. The van der Waals surface area contributed by atoms with Crippen molar-refractivity contribution in [3.8, 4) is 5.69 Å². The molecule has 6 nitrogen and oxygen atoms in total. The third-order valence-corrected chi connectivity index (χ3v) is 4.50. The predicted octanol–water partition coefficient (Wildman–Crippen LogP) is 2.32. The Morgan fingerprint density at radius 2 is 2.12 bits per heavy atom. The van der Waals surface area contributed by atoms with E-state index >= 15 is 0 Å². The largest absolute Gasteiger partial charge is 0.396 e. The maximum Gasteiger partial charge on any atom is 0.317 e. The van der Waals surface area contributed by atoms with Gasteiger partial charge >= 0.3 is 6.03 Å². The molecule has 1 aliphatic rings. The number of piperidine rings is 1. The van der Waals surface area contributed by atoms with Crippen molar-refractivity contribution in [2.45, 2.75) is 38.3 Å². The average Bonchev–Trinajstić information content (AvgIpc) is 3.15. The van der Waals surface area contributed by atoms with Crippen LogP contribution in [0.2, 0.25) is 0 Å². The van der Waals surface area contributed by atoms with Crippen LogP contribution in [0.5, 0.6) is 0 Å². The lowest BCUT2D eigenvalue weighted by Gasteiger charge is -2.35. The summed E-state index contributed by atoms with van der Waals surface area (Å²) in [5.74, 6) is 0. The number of benzene rings is 1. The number of hydrogen-bond donors (Lipinski definition) is 2. The van der Waals surface area contributed by atoms with E-state index in [1.54, 1.807) is 10.9 Å². The average molecular weight is 328 g/mol. The fourth-order valence-electron chi connectivity index (χ4n) is 3.18. The molecule has 0 spiro atoms. The Morgan fingerprint density at radius 1 is 1.29 bits per heavy atom. The number of urea groups is 1. The fraction of sp³-hybridized carbons (Fsp3) is 0.444. The number of carbonyl (C=O) groups excluding carboxylic acids is 1. The van der Waals surface area contributed by atoms with Gasteiger partial charge in [-0.25, -0.2) is 9.48 Å². The zero-order valence-corrected chi connectivity index (χ0v) is 13.8. The van der Waals surface area contributed by atoms with Crippen LogP contribution in [0.1, 0.15) is 31.2 Å². The standard InChI is InChI=1S/C18H24N4O2/c23-13-9-16-4-1-2-11-21(16)18(24)19-14-15-5-7-17(8-6-15)22-12-3-10-20-22/h3,5-8,10,12,16,23H,1-2,4,9,11,13-14H2,(H,19,24). The number of amides is 2. The molecule has 1 atom stereocenters. The van der Waals surface area contributed by atoms with Crippen molar-refractivity contribution in [2.24, 2.45) is 0 Å². The van der Waals surface area contributed by atoms with Crippen LogP contribution in [0.25, 0.3) is 5.69 Å². The highest BCUT2D eigenvalue weighted by Crippen LogP contribution is 2.19. The zero-order valence-electron chi connectivity index (χ0n) is 13.8. The summed E-state index contributed by atoms with van der Waals surface area (Å²) in [6.45, 7) is 1.40. The molecule has 2 aromatic rings. The molecule has 1 fully saturated rings. The Bertz CT molecular complexity index is 638. The molecule has 128 valence electrons. The van der Waals surface area contributed by atoms with Gasteiger partial charge in [-0.2, -0.15) is 5.10 Å². The van der Waals surface area contributed by atoms with Crippen LogP contribution in [0.15, 0.2) is 42.7 Å². The Kier molecular flexibility index (Phi) is 5.48. The number of nitrogens with zero attached hydrogens (tertiary/aromatic N) is 3. The van der Waals surface area contributed by atoms with E-state index in [0.29, 0.717) is 13.0 Å². The van der Waals surface area contributed by atoms with Crippen LogP contribution in [-0.2, 0) is 6.54 Å². The summed E-state index contributed by atoms with van der Waals surface area (Å²) in [6.07, 6.45) is 7.44. The molecule has 1 unspecified atom stereocenters. The molecule has 24 heavy (non-hydrogen) atoms. The summed E-state index contributed by atoms with van der Waals surface area (Å²) < 4.78 is 1.80. The van der Waals surface area contributed by atoms with Gasteiger partial charge in [0.2, 0.25) is 0 Å². The van der Waals surface area contributed by atoms with E-state index in [0.717, 1.165) is 37.1 Å². The number of likely N-dealkylation sites (tertiary alicyclic amines) is 1. The Hall–Kier alpha value is -2.34. The number of hydrogen-bond acceptors (Lipinski definition) is 3. The van der Waals surface area contributed by atoms with Gasteiger partial charge in [0.15, 0.2) is 0 Å². The van der Waals surface area contributed by atoms with E-state index < -0.39 is 0 Å². The van der Waals surface area contributed by atoms with Crippen LogP contribution in [0, 0.1) is 0 Å². The molecule has 0 radical (unpaired) electrons. The van der Waals surface area contributed by atoms with Crippen molar-refractivity contribution >= 4 is 6.03 Å². The van der Waals surface area contributed by atoms with Crippen molar-refractivity contribution in [1.29, 1.82) is 0 Å². The quantitative estimate of drug-likeness (QED) is 0.885. The van der Waals surface area contributed by atoms with Gasteiger partial charge in [-0.1, -0.05) is 12.1 Å². The van der Waals surface area contributed by atoms with Crippen LogP contribution >= 0.6 is 0 Å². The minimum atomic E-state index is -0.0377. The molecule has 2 amide bonds. The molecule has 6 heteroatoms. The molecule has 1 aromatic carbocycles. The van der Waals surface area contributed by atoms with Crippen molar-refractivity contribution < 1.29 is 9.90 Å². The van der Waals surface area contributed by atoms with E-state index in [1.807, 2.05) is 41.4 Å². The molecule has 1 aliphatic heterocycles. The second-order valence-electron chi connectivity index (χ2n) is 6.13. The molecule has 0 aliphatic carbocycles. The molecule has 1 saturated heterocycles. The third-order valence-electron chi connectivity index (χ3n) is 4.50. The topological polar surface area (TPSA) is 70.4 Å². The maximum absolute atomic E-state index is 12.4. The van der Waals surface area contributed by atoms with E-state index in [2.05, 4.69) is 10.4 Å². The highest BCUT2D eigenvalue weighted by molar-refractivity contribution is 5.74. The lowest BCUT2D eigenvalue weighted by Crippen LogP contribution is -2.48. The first kappa shape index (κ1) is 16.5. The van der Waals surface area contributed by atoms with Crippen LogP contribution in [-0.4, -0.2) is 45.0 Å². The Morgan fingerprint density at radius 3 is 2.83 bits per heavy atom. The van der Waals surface area contributed by atoms with E-state index in [-0.39, 0.29) is 18.7 Å². The first-order valence-corrected chi connectivity index (χ1v) is 8.52. The SMILES string of the molecule is O=C(NCc1ccc(-n2cccn2)cc1)N1CCCCC1CCO. The van der Waals surface area contributed by atoms with Gasteiger partial charge in [-0.3, -0.25) is 0 Å². The summed E-state index contributed by atoms with van der Waals surface area (Å²) in [4.78, 5) is 14.3. The zero-order chi connectivity index (χ0) is 16.8. The van der Waals surface area contributed by atoms with Gasteiger partial charge in [0.1, 0.15) is 0 Å². The first-order chi connectivity index (χ1) is 11.8. The second kappa shape index (κ2) is 7.97. The minimum absolute atomic E-state index is 0.0377. The predicted molar refractivity (Wildman–Crippen MR) is 91.8 cm³/mol. The van der Waals surface area contributed by atoms with Gasteiger partial charge in [0, 0.05) is 38.1 Å². The van der Waals surface area contributed by atoms with Crippen LogP contribution in [0.4, 0.5) is 4.79 Å². The molecule has 2 N–H and O–H groups in total.